The summed E-state index contributed by atoms with van der Waals surface area (Å²) < 4.78 is 1.67. The fourth-order valence-corrected chi connectivity index (χ4v) is 2.72. The van der Waals surface area contributed by atoms with Crippen LogP contribution in [0.25, 0.3) is 5.82 Å². The molecule has 1 aliphatic rings. The third-order valence-corrected chi connectivity index (χ3v) is 4.12. The molecule has 0 saturated carbocycles. The average Bonchev–Trinajstić information content (AvgIpc) is 2.96. The van der Waals surface area contributed by atoms with Gasteiger partial charge in [-0.3, -0.25) is 9.59 Å². The summed E-state index contributed by atoms with van der Waals surface area (Å²) in [6.45, 7) is 5.67. The zero-order valence-electron chi connectivity index (χ0n) is 13.3. The Kier molecular flexibility index (Phi) is 4.10. The van der Waals surface area contributed by atoms with E-state index in [2.05, 4.69) is 10.1 Å². The first-order valence-corrected chi connectivity index (χ1v) is 7.58. The van der Waals surface area contributed by atoms with Crippen molar-refractivity contribution in [3.63, 3.8) is 0 Å². The molecule has 120 valence electrons. The van der Waals surface area contributed by atoms with Gasteiger partial charge in [-0.05, 0) is 19.1 Å². The molecule has 0 unspecified atom stereocenters. The fraction of sp³-hybridized carbons (Fsp3) is 0.375. The maximum absolute atomic E-state index is 12.7. The number of hydrogen-bond acceptors (Lipinski definition) is 4. The van der Waals surface area contributed by atoms with Gasteiger partial charge in [-0.15, -0.1) is 0 Å². The number of carbonyl (C=O) groups is 2. The lowest BCUT2D eigenvalue weighted by Crippen LogP contribution is -2.50. The molecule has 0 atom stereocenters. The SMILES string of the molecule is CC(=O)N1CCN(C(=O)c2cnn(-c3ccccn3)c2C)CC1. The monoisotopic (exact) mass is 313 g/mol. The van der Waals surface area contributed by atoms with Crippen molar-refractivity contribution in [3.05, 3.63) is 41.9 Å². The minimum atomic E-state index is -0.0483. The summed E-state index contributed by atoms with van der Waals surface area (Å²) in [5, 5.41) is 4.29. The van der Waals surface area contributed by atoms with Gasteiger partial charge in [0.05, 0.1) is 17.5 Å². The normalized spacial score (nSPS) is 14.9. The predicted molar refractivity (Wildman–Crippen MR) is 84.3 cm³/mol. The van der Waals surface area contributed by atoms with E-state index in [0.717, 1.165) is 5.69 Å². The van der Waals surface area contributed by atoms with Crippen LogP contribution in [0.4, 0.5) is 0 Å². The van der Waals surface area contributed by atoms with E-state index in [9.17, 15) is 9.59 Å². The van der Waals surface area contributed by atoms with E-state index in [4.69, 9.17) is 0 Å². The topological polar surface area (TPSA) is 71.3 Å². The highest BCUT2D eigenvalue weighted by molar-refractivity contribution is 5.95. The van der Waals surface area contributed by atoms with Crippen LogP contribution in [0.3, 0.4) is 0 Å². The molecule has 0 aliphatic carbocycles. The number of amides is 2. The van der Waals surface area contributed by atoms with Crippen molar-refractivity contribution >= 4 is 11.8 Å². The van der Waals surface area contributed by atoms with Gasteiger partial charge in [0.25, 0.3) is 5.91 Å². The summed E-state index contributed by atoms with van der Waals surface area (Å²) in [7, 11) is 0. The number of aromatic nitrogens is 3. The molecule has 0 aromatic carbocycles. The molecule has 2 aromatic heterocycles. The molecule has 2 amide bonds. The Balaban J connectivity index is 1.77. The lowest BCUT2D eigenvalue weighted by Gasteiger charge is -2.34. The van der Waals surface area contributed by atoms with Crippen molar-refractivity contribution in [1.82, 2.24) is 24.6 Å². The number of pyridine rings is 1. The van der Waals surface area contributed by atoms with Gasteiger partial charge >= 0.3 is 0 Å². The van der Waals surface area contributed by atoms with Crippen molar-refractivity contribution in [2.45, 2.75) is 13.8 Å². The lowest BCUT2D eigenvalue weighted by atomic mass is 10.2. The van der Waals surface area contributed by atoms with Crippen molar-refractivity contribution in [1.29, 1.82) is 0 Å². The Morgan fingerprint density at radius 3 is 2.39 bits per heavy atom. The van der Waals surface area contributed by atoms with Crippen LogP contribution in [0.2, 0.25) is 0 Å². The number of hydrogen-bond donors (Lipinski definition) is 0. The summed E-state index contributed by atoms with van der Waals surface area (Å²) in [5.74, 6) is 0.689. The number of nitrogens with zero attached hydrogens (tertiary/aromatic N) is 5. The van der Waals surface area contributed by atoms with Gasteiger partial charge in [-0.25, -0.2) is 9.67 Å². The summed E-state index contributed by atoms with van der Waals surface area (Å²) in [4.78, 5) is 31.8. The second-order valence-corrected chi connectivity index (χ2v) is 5.54. The number of piperazine rings is 1. The van der Waals surface area contributed by atoms with Crippen molar-refractivity contribution in [3.8, 4) is 5.82 Å². The molecular formula is C16H19N5O2. The van der Waals surface area contributed by atoms with Crippen LogP contribution in [-0.4, -0.2) is 62.6 Å². The molecule has 23 heavy (non-hydrogen) atoms. The van der Waals surface area contributed by atoms with Gasteiger partial charge in [0.15, 0.2) is 5.82 Å². The van der Waals surface area contributed by atoms with Crippen molar-refractivity contribution in [2.75, 3.05) is 26.2 Å². The molecule has 0 N–H and O–H groups in total. The Bertz CT molecular complexity index is 717. The van der Waals surface area contributed by atoms with E-state index in [1.54, 1.807) is 33.8 Å². The Morgan fingerprint density at radius 2 is 1.78 bits per heavy atom. The molecule has 1 saturated heterocycles. The lowest BCUT2D eigenvalue weighted by molar-refractivity contribution is -0.130. The van der Waals surface area contributed by atoms with Crippen molar-refractivity contribution in [2.24, 2.45) is 0 Å². The highest BCUT2D eigenvalue weighted by Crippen LogP contribution is 2.15. The van der Waals surface area contributed by atoms with Crippen LogP contribution in [0.5, 0.6) is 0 Å². The molecule has 2 aromatic rings. The molecular weight excluding hydrogens is 294 g/mol. The van der Waals surface area contributed by atoms with E-state index < -0.39 is 0 Å². The molecule has 1 fully saturated rings. The number of rotatable bonds is 2. The maximum Gasteiger partial charge on any atom is 0.257 e. The second-order valence-electron chi connectivity index (χ2n) is 5.54. The third-order valence-electron chi connectivity index (χ3n) is 4.12. The molecule has 0 spiro atoms. The Hall–Kier alpha value is -2.70. The smallest absolute Gasteiger partial charge is 0.257 e. The minimum Gasteiger partial charge on any atom is -0.339 e. The molecule has 0 radical (unpaired) electrons. The van der Waals surface area contributed by atoms with Gasteiger partial charge in [0.1, 0.15) is 0 Å². The molecule has 3 heterocycles. The van der Waals surface area contributed by atoms with E-state index in [1.165, 1.54) is 0 Å². The molecule has 0 bridgehead atoms. The van der Waals surface area contributed by atoms with E-state index in [0.29, 0.717) is 37.6 Å². The van der Waals surface area contributed by atoms with Crippen LogP contribution in [0.15, 0.2) is 30.6 Å². The minimum absolute atomic E-state index is 0.0483. The van der Waals surface area contributed by atoms with Crippen LogP contribution >= 0.6 is 0 Å². The maximum atomic E-state index is 12.7. The summed E-state index contributed by atoms with van der Waals surface area (Å²) in [5.41, 5.74) is 1.34. The highest BCUT2D eigenvalue weighted by Gasteiger charge is 2.25. The summed E-state index contributed by atoms with van der Waals surface area (Å²) in [6, 6.07) is 5.56. The van der Waals surface area contributed by atoms with Gasteiger partial charge in [0.2, 0.25) is 5.91 Å². The van der Waals surface area contributed by atoms with Crippen LogP contribution in [0.1, 0.15) is 23.0 Å². The molecule has 7 nitrogen and oxygen atoms in total. The van der Waals surface area contributed by atoms with E-state index in [1.807, 2.05) is 25.1 Å². The average molecular weight is 313 g/mol. The molecule has 3 rings (SSSR count). The first-order valence-electron chi connectivity index (χ1n) is 7.58. The predicted octanol–water partition coefficient (Wildman–Crippen LogP) is 0.880. The molecule has 7 heteroatoms. The number of carbonyl (C=O) groups excluding carboxylic acids is 2. The van der Waals surface area contributed by atoms with Gasteiger partial charge < -0.3 is 9.80 Å². The Labute approximate surface area is 134 Å². The first kappa shape index (κ1) is 15.2. The zero-order chi connectivity index (χ0) is 16.4. The quantitative estimate of drug-likeness (QED) is 0.825. The van der Waals surface area contributed by atoms with Gasteiger partial charge in [0, 0.05) is 39.3 Å². The standard InChI is InChI=1S/C16H19N5O2/c1-12-14(11-18-21(12)15-5-3-4-6-17-15)16(23)20-9-7-19(8-10-20)13(2)22/h3-6,11H,7-10H2,1-2H3. The fourth-order valence-electron chi connectivity index (χ4n) is 2.72. The first-order chi connectivity index (χ1) is 11.1. The zero-order valence-corrected chi connectivity index (χ0v) is 13.3. The Morgan fingerprint density at radius 1 is 1.09 bits per heavy atom. The van der Waals surface area contributed by atoms with Crippen LogP contribution in [-0.2, 0) is 4.79 Å². The van der Waals surface area contributed by atoms with Crippen LogP contribution in [0, 0.1) is 6.92 Å². The second kappa shape index (κ2) is 6.20. The summed E-state index contributed by atoms with van der Waals surface area (Å²) >= 11 is 0. The van der Waals surface area contributed by atoms with Crippen LogP contribution < -0.4 is 0 Å². The van der Waals surface area contributed by atoms with Gasteiger partial charge in [-0.1, -0.05) is 6.07 Å². The molecule has 1 aliphatic heterocycles. The highest BCUT2D eigenvalue weighted by atomic mass is 16.2. The van der Waals surface area contributed by atoms with Gasteiger partial charge in [-0.2, -0.15) is 5.10 Å². The third kappa shape index (κ3) is 2.94. The van der Waals surface area contributed by atoms with E-state index in [-0.39, 0.29) is 11.8 Å². The summed E-state index contributed by atoms with van der Waals surface area (Å²) in [6.07, 6.45) is 3.28. The van der Waals surface area contributed by atoms with Crippen molar-refractivity contribution < 1.29 is 9.59 Å². The largest absolute Gasteiger partial charge is 0.339 e. The van der Waals surface area contributed by atoms with E-state index >= 15 is 0 Å².